The van der Waals surface area contributed by atoms with Gasteiger partial charge in [0, 0.05) is 3.57 Å². The molecule has 0 radical (unpaired) electrons. The van der Waals surface area contributed by atoms with Gasteiger partial charge in [-0.05, 0) is 41.6 Å². The molecule has 0 atom stereocenters. The first-order valence-corrected chi connectivity index (χ1v) is 6.22. The van der Waals surface area contributed by atoms with Crippen molar-refractivity contribution < 1.29 is 35.9 Å². The van der Waals surface area contributed by atoms with E-state index >= 15 is 0 Å². The van der Waals surface area contributed by atoms with E-state index in [0.717, 1.165) is 28.7 Å². The van der Waals surface area contributed by atoms with E-state index in [9.17, 15) is 31.1 Å². The normalized spacial score (nSPS) is 12.4. The Balaban J connectivity index is 3.68. The van der Waals surface area contributed by atoms with Crippen molar-refractivity contribution in [3.05, 3.63) is 32.4 Å². The third-order valence-electron chi connectivity index (χ3n) is 2.22. The number of esters is 1. The maximum Gasteiger partial charge on any atom is 0.418 e. The minimum absolute atomic E-state index is 0.247. The van der Waals surface area contributed by atoms with Gasteiger partial charge in [-0.1, -0.05) is 0 Å². The molecule has 0 heterocycles. The Kier molecular flexibility index (Phi) is 4.93. The SMILES string of the molecule is CCOC(=O)c1ccc(I)c(C(F)(F)F)c1C(F)(F)F. The van der Waals surface area contributed by atoms with Gasteiger partial charge in [0.1, 0.15) is 0 Å². The fourth-order valence-electron chi connectivity index (χ4n) is 1.53. The molecule has 0 aliphatic carbocycles. The second-order valence-electron chi connectivity index (χ2n) is 3.56. The van der Waals surface area contributed by atoms with E-state index in [4.69, 9.17) is 0 Å². The molecule has 1 rings (SSSR count). The molecule has 20 heavy (non-hydrogen) atoms. The lowest BCUT2D eigenvalue weighted by Gasteiger charge is -2.19. The fraction of sp³-hybridized carbons (Fsp3) is 0.364. The van der Waals surface area contributed by atoms with Gasteiger partial charge in [-0.2, -0.15) is 26.3 Å². The van der Waals surface area contributed by atoms with E-state index in [1.165, 1.54) is 6.92 Å². The van der Waals surface area contributed by atoms with Crippen LogP contribution in [0.15, 0.2) is 12.1 Å². The predicted molar refractivity (Wildman–Crippen MR) is 65.1 cm³/mol. The highest BCUT2D eigenvalue weighted by Gasteiger charge is 2.47. The van der Waals surface area contributed by atoms with Gasteiger partial charge >= 0.3 is 18.3 Å². The lowest BCUT2D eigenvalue weighted by Crippen LogP contribution is -2.23. The molecule has 0 N–H and O–H groups in total. The van der Waals surface area contributed by atoms with Crippen LogP contribution in [0.2, 0.25) is 0 Å². The minimum Gasteiger partial charge on any atom is -0.462 e. The first-order chi connectivity index (χ1) is 9.00. The van der Waals surface area contributed by atoms with Gasteiger partial charge < -0.3 is 4.74 Å². The third-order valence-corrected chi connectivity index (χ3v) is 3.12. The second kappa shape index (κ2) is 5.78. The van der Waals surface area contributed by atoms with Gasteiger partial charge in [0.25, 0.3) is 0 Å². The molecule has 0 aliphatic rings. The Morgan fingerprint density at radius 1 is 1.10 bits per heavy atom. The summed E-state index contributed by atoms with van der Waals surface area (Å²) in [4.78, 5) is 11.4. The van der Waals surface area contributed by atoms with Crippen molar-refractivity contribution in [1.82, 2.24) is 0 Å². The number of ether oxygens (including phenoxy) is 1. The number of hydrogen-bond acceptors (Lipinski definition) is 2. The summed E-state index contributed by atoms with van der Waals surface area (Å²) >= 11 is 1.14. The van der Waals surface area contributed by atoms with Gasteiger partial charge in [0.15, 0.2) is 0 Å². The van der Waals surface area contributed by atoms with Crippen molar-refractivity contribution in [3.8, 4) is 0 Å². The van der Waals surface area contributed by atoms with E-state index in [0.29, 0.717) is 6.07 Å². The molecular formula is C11H7F6IO2. The molecule has 1 aromatic carbocycles. The molecule has 0 saturated heterocycles. The smallest absolute Gasteiger partial charge is 0.418 e. The summed E-state index contributed by atoms with van der Waals surface area (Å²) < 4.78 is 80.9. The summed E-state index contributed by atoms with van der Waals surface area (Å²) in [6.07, 6.45) is -10.6. The van der Waals surface area contributed by atoms with Crippen molar-refractivity contribution in [2.24, 2.45) is 0 Å². The number of halogens is 7. The minimum atomic E-state index is -5.33. The summed E-state index contributed by atoms with van der Waals surface area (Å²) in [7, 11) is 0. The molecule has 0 bridgehead atoms. The van der Waals surface area contributed by atoms with Crippen molar-refractivity contribution >= 4 is 28.6 Å². The molecule has 2 nitrogen and oxygen atoms in total. The predicted octanol–water partition coefficient (Wildman–Crippen LogP) is 4.51. The number of rotatable bonds is 2. The van der Waals surface area contributed by atoms with E-state index in [-0.39, 0.29) is 6.61 Å². The Labute approximate surface area is 123 Å². The maximum atomic E-state index is 12.9. The van der Waals surface area contributed by atoms with Crippen LogP contribution in [-0.2, 0) is 17.1 Å². The van der Waals surface area contributed by atoms with Crippen LogP contribution in [-0.4, -0.2) is 12.6 Å². The van der Waals surface area contributed by atoms with E-state index < -0.39 is 38.6 Å². The number of hydrogen-bond donors (Lipinski definition) is 0. The van der Waals surface area contributed by atoms with Crippen LogP contribution in [0.4, 0.5) is 26.3 Å². The zero-order chi connectivity index (χ0) is 15.7. The molecule has 9 heteroatoms. The Hall–Kier alpha value is -1.00. The summed E-state index contributed by atoms with van der Waals surface area (Å²) in [5.74, 6) is -1.44. The largest absolute Gasteiger partial charge is 0.462 e. The number of carbonyl (C=O) groups excluding carboxylic acids is 1. The van der Waals surface area contributed by atoms with Crippen molar-refractivity contribution in [2.75, 3.05) is 6.61 Å². The van der Waals surface area contributed by atoms with Crippen LogP contribution in [0.25, 0.3) is 0 Å². The molecule has 0 unspecified atom stereocenters. The van der Waals surface area contributed by atoms with E-state index in [2.05, 4.69) is 4.74 Å². The molecule has 0 fully saturated rings. The standard InChI is InChI=1S/C11H7F6IO2/c1-2-20-9(19)5-3-4-6(18)8(11(15,16)17)7(5)10(12,13)14/h3-4H,2H2,1H3. The molecule has 0 spiro atoms. The number of alkyl halides is 6. The first kappa shape index (κ1) is 17.1. The van der Waals surface area contributed by atoms with Crippen LogP contribution in [0.3, 0.4) is 0 Å². The molecule has 1 aromatic rings. The zero-order valence-corrected chi connectivity index (χ0v) is 12.0. The molecular weight excluding hydrogens is 405 g/mol. The van der Waals surface area contributed by atoms with Gasteiger partial charge in [-0.15, -0.1) is 0 Å². The van der Waals surface area contributed by atoms with Gasteiger partial charge in [-0.3, -0.25) is 0 Å². The second-order valence-corrected chi connectivity index (χ2v) is 4.72. The van der Waals surface area contributed by atoms with Gasteiger partial charge in [-0.25, -0.2) is 4.79 Å². The Morgan fingerprint density at radius 2 is 1.60 bits per heavy atom. The highest BCUT2D eigenvalue weighted by atomic mass is 127. The van der Waals surface area contributed by atoms with Crippen molar-refractivity contribution in [3.63, 3.8) is 0 Å². The highest BCUT2D eigenvalue weighted by molar-refractivity contribution is 14.1. The lowest BCUT2D eigenvalue weighted by atomic mass is 10.00. The fourth-order valence-corrected chi connectivity index (χ4v) is 2.28. The summed E-state index contributed by atoms with van der Waals surface area (Å²) in [6.45, 7) is 1.09. The maximum absolute atomic E-state index is 12.9. The first-order valence-electron chi connectivity index (χ1n) is 5.14. The molecule has 0 amide bonds. The number of carbonyl (C=O) groups is 1. The number of benzene rings is 1. The monoisotopic (exact) mass is 412 g/mol. The summed E-state index contributed by atoms with van der Waals surface area (Å²) in [5, 5.41) is 0. The zero-order valence-electron chi connectivity index (χ0n) is 9.82. The van der Waals surface area contributed by atoms with E-state index in [1.807, 2.05) is 0 Å². The summed E-state index contributed by atoms with van der Waals surface area (Å²) in [5.41, 5.74) is -5.04. The average Bonchev–Trinajstić information content (AvgIpc) is 2.25. The van der Waals surface area contributed by atoms with E-state index in [1.54, 1.807) is 0 Å². The lowest BCUT2D eigenvalue weighted by molar-refractivity contribution is -0.162. The molecule has 0 saturated carbocycles. The van der Waals surface area contributed by atoms with Gasteiger partial charge in [0.05, 0.1) is 23.3 Å². The van der Waals surface area contributed by atoms with Crippen LogP contribution in [0, 0.1) is 3.57 Å². The third kappa shape index (κ3) is 3.55. The quantitative estimate of drug-likeness (QED) is 0.406. The topological polar surface area (TPSA) is 26.3 Å². The molecule has 0 aromatic heterocycles. The molecule has 0 aliphatic heterocycles. The van der Waals surface area contributed by atoms with Crippen molar-refractivity contribution in [2.45, 2.75) is 19.3 Å². The molecule has 112 valence electrons. The summed E-state index contributed by atoms with van der Waals surface area (Å²) in [6, 6.07) is 1.47. The van der Waals surface area contributed by atoms with Crippen LogP contribution in [0.1, 0.15) is 28.4 Å². The highest BCUT2D eigenvalue weighted by Crippen LogP contribution is 2.44. The van der Waals surface area contributed by atoms with Gasteiger partial charge in [0.2, 0.25) is 0 Å². The Bertz CT molecular complexity index is 521. The van der Waals surface area contributed by atoms with Crippen LogP contribution in [0.5, 0.6) is 0 Å². The van der Waals surface area contributed by atoms with Crippen LogP contribution >= 0.6 is 22.6 Å². The van der Waals surface area contributed by atoms with Crippen molar-refractivity contribution in [1.29, 1.82) is 0 Å². The average molecular weight is 412 g/mol. The van der Waals surface area contributed by atoms with Crippen LogP contribution < -0.4 is 0 Å². The Morgan fingerprint density at radius 3 is 2.00 bits per heavy atom.